The molecule has 2 aromatic rings. The maximum Gasteiger partial charge on any atom is 0.420 e. The maximum atomic E-state index is 14.3. The van der Waals surface area contributed by atoms with Gasteiger partial charge in [-0.3, -0.25) is 4.79 Å². The van der Waals surface area contributed by atoms with Gasteiger partial charge in [0.1, 0.15) is 18.2 Å². The molecule has 2 aromatic carbocycles. The zero-order valence-corrected chi connectivity index (χ0v) is 23.1. The van der Waals surface area contributed by atoms with Gasteiger partial charge < -0.3 is 14.7 Å². The molecule has 0 radical (unpaired) electrons. The first kappa shape index (κ1) is 28.5. The number of likely N-dealkylation sites (N-methyl/N-ethyl adjacent to an activating group) is 1. The lowest BCUT2D eigenvalue weighted by molar-refractivity contribution is -0.148. The van der Waals surface area contributed by atoms with Crippen LogP contribution in [0.5, 0.6) is 5.75 Å². The minimum absolute atomic E-state index is 0.174. The molecule has 0 unspecified atom stereocenters. The highest BCUT2D eigenvalue weighted by molar-refractivity contribution is 7.97. The van der Waals surface area contributed by atoms with Gasteiger partial charge in [-0.1, -0.05) is 26.7 Å². The molecule has 5 nitrogen and oxygen atoms in total. The second-order valence-corrected chi connectivity index (χ2v) is 12.4. The highest BCUT2D eigenvalue weighted by Gasteiger charge is 2.57. The quantitative estimate of drug-likeness (QED) is 0.279. The van der Waals surface area contributed by atoms with Crippen LogP contribution in [0.2, 0.25) is 0 Å². The second kappa shape index (κ2) is 9.93. The molecule has 1 heterocycles. The summed E-state index contributed by atoms with van der Waals surface area (Å²) in [5.74, 6) is -2.00. The van der Waals surface area contributed by atoms with Gasteiger partial charge in [-0.15, -0.1) is 0 Å². The highest BCUT2D eigenvalue weighted by atomic mass is 32.2. The van der Waals surface area contributed by atoms with Crippen LogP contribution in [0.3, 0.4) is 0 Å². The van der Waals surface area contributed by atoms with Gasteiger partial charge in [0, 0.05) is 12.2 Å². The van der Waals surface area contributed by atoms with Gasteiger partial charge >= 0.3 is 12.1 Å². The summed E-state index contributed by atoms with van der Waals surface area (Å²) in [6.07, 6.45) is -0.913. The molecule has 0 amide bonds. The summed E-state index contributed by atoms with van der Waals surface area (Å²) in [6.45, 7) is 7.17. The Morgan fingerprint density at radius 3 is 2.24 bits per heavy atom. The minimum atomic E-state index is -4.73. The number of carboxylic acid groups (broad SMARTS) is 1. The van der Waals surface area contributed by atoms with E-state index in [9.17, 15) is 27.5 Å². The molecule has 0 aromatic heterocycles. The Kier molecular flexibility index (Phi) is 7.46. The Balaban J connectivity index is 1.83. The normalized spacial score (nSPS) is 19.0. The molecule has 208 valence electrons. The Bertz CT molecular complexity index is 1190. The zero-order chi connectivity index (χ0) is 28.1. The van der Waals surface area contributed by atoms with E-state index in [-0.39, 0.29) is 11.0 Å². The van der Waals surface area contributed by atoms with Gasteiger partial charge in [-0.2, -0.15) is 13.2 Å². The molecule has 1 aliphatic heterocycles. The van der Waals surface area contributed by atoms with Crippen LogP contribution in [0.4, 0.5) is 28.9 Å². The van der Waals surface area contributed by atoms with Gasteiger partial charge in [0.2, 0.25) is 0 Å². The van der Waals surface area contributed by atoms with E-state index < -0.39 is 41.3 Å². The number of rotatable bonds is 7. The number of hydrogen-bond donors (Lipinski definition) is 1. The first-order chi connectivity index (χ1) is 17.7. The van der Waals surface area contributed by atoms with E-state index >= 15 is 0 Å². The molecule has 1 saturated carbocycles. The Labute approximate surface area is 225 Å². The predicted octanol–water partition coefficient (Wildman–Crippen LogP) is 7.76. The lowest BCUT2D eigenvalue weighted by Crippen LogP contribution is -2.62. The molecule has 1 fully saturated rings. The van der Waals surface area contributed by atoms with Crippen molar-refractivity contribution in [3.63, 3.8) is 0 Å². The molecule has 1 spiro atoms. The van der Waals surface area contributed by atoms with Gasteiger partial charge in [-0.05, 0) is 87.5 Å². The average molecular weight is 555 g/mol. The summed E-state index contributed by atoms with van der Waals surface area (Å²) in [5.41, 5.74) is -1.52. The van der Waals surface area contributed by atoms with Crippen LogP contribution in [-0.2, 0) is 11.0 Å². The van der Waals surface area contributed by atoms with Crippen molar-refractivity contribution >= 4 is 29.3 Å². The van der Waals surface area contributed by atoms with Crippen molar-refractivity contribution in [3.8, 4) is 5.75 Å². The zero-order valence-electron chi connectivity index (χ0n) is 22.3. The number of anilines is 2. The van der Waals surface area contributed by atoms with E-state index in [1.807, 2.05) is 11.9 Å². The number of nitrogens with zero attached hydrogens (tertiary/aromatic N) is 2. The molecular weight excluding hydrogens is 520 g/mol. The number of fused-ring (bicyclic) bond motifs is 1. The van der Waals surface area contributed by atoms with Crippen LogP contribution < -0.4 is 9.64 Å². The molecule has 0 saturated heterocycles. The summed E-state index contributed by atoms with van der Waals surface area (Å²) < 4.78 is 64.4. The fraction of sp³-hybridized carbons (Fsp3) is 0.536. The summed E-state index contributed by atoms with van der Waals surface area (Å²) in [4.78, 5) is 13.9. The molecule has 10 heteroatoms. The largest absolute Gasteiger partial charge is 0.492 e. The number of benzene rings is 2. The predicted molar refractivity (Wildman–Crippen MR) is 140 cm³/mol. The lowest BCUT2D eigenvalue weighted by atomic mass is 9.54. The molecule has 4 rings (SSSR count). The molecule has 0 atom stereocenters. The molecule has 1 N–H and O–H groups in total. The highest BCUT2D eigenvalue weighted by Crippen LogP contribution is 2.60. The second-order valence-electron chi connectivity index (χ2n) is 11.2. The number of carboxylic acids is 1. The first-order valence-electron chi connectivity index (χ1n) is 12.7. The van der Waals surface area contributed by atoms with Gasteiger partial charge in [0.15, 0.2) is 0 Å². The van der Waals surface area contributed by atoms with E-state index in [0.717, 1.165) is 31.7 Å². The number of aliphatic carboxylic acids is 1. The third kappa shape index (κ3) is 5.21. The Hall–Kier alpha value is -2.46. The van der Waals surface area contributed by atoms with Gasteiger partial charge in [0.05, 0.1) is 27.1 Å². The van der Waals surface area contributed by atoms with Crippen LogP contribution in [0.1, 0.15) is 58.9 Å². The van der Waals surface area contributed by atoms with Crippen LogP contribution in [0, 0.1) is 16.6 Å². The van der Waals surface area contributed by atoms with Gasteiger partial charge in [-0.25, -0.2) is 8.70 Å². The van der Waals surface area contributed by atoms with Crippen molar-refractivity contribution in [2.24, 2.45) is 10.8 Å². The monoisotopic (exact) mass is 554 g/mol. The summed E-state index contributed by atoms with van der Waals surface area (Å²) >= 11 is 1.37. The molecule has 2 aliphatic rings. The third-order valence-corrected chi connectivity index (χ3v) is 9.41. The van der Waals surface area contributed by atoms with E-state index in [1.54, 1.807) is 12.1 Å². The summed E-state index contributed by atoms with van der Waals surface area (Å²) in [5, 5.41) is 9.42. The summed E-state index contributed by atoms with van der Waals surface area (Å²) in [7, 11) is 1.96. The van der Waals surface area contributed by atoms with Crippen molar-refractivity contribution in [1.82, 2.24) is 4.31 Å². The van der Waals surface area contributed by atoms with Gasteiger partial charge in [0.25, 0.3) is 0 Å². The van der Waals surface area contributed by atoms with Crippen molar-refractivity contribution in [3.05, 3.63) is 47.8 Å². The molecule has 38 heavy (non-hydrogen) atoms. The number of ether oxygens (including phenoxy) is 1. The van der Waals surface area contributed by atoms with E-state index in [4.69, 9.17) is 4.74 Å². The van der Waals surface area contributed by atoms with Crippen LogP contribution in [-0.4, -0.2) is 41.1 Å². The topological polar surface area (TPSA) is 53.0 Å². The fourth-order valence-corrected chi connectivity index (χ4v) is 6.60. The van der Waals surface area contributed by atoms with E-state index in [2.05, 4.69) is 18.2 Å². The van der Waals surface area contributed by atoms with E-state index in [0.29, 0.717) is 22.8 Å². The average Bonchev–Trinajstić information content (AvgIpc) is 2.94. The third-order valence-electron chi connectivity index (χ3n) is 8.23. The standard InChI is InChI=1S/C28H34F4N2O3S/c1-6-26(7-2)14-27(15-26)16-34(19-10-8-18(29)9-11-19)21-12-20(28(30,31)32)22(13-23(21)38-33(27)5)37-17-25(3,4)24(35)36/h8-13H,6-7,14-17H2,1-5H3,(H,35,36). The Morgan fingerprint density at radius 1 is 1.11 bits per heavy atom. The van der Waals surface area contributed by atoms with Crippen molar-refractivity contribution in [2.75, 3.05) is 25.1 Å². The number of carbonyl (C=O) groups is 1. The van der Waals surface area contributed by atoms with Crippen molar-refractivity contribution in [1.29, 1.82) is 0 Å². The first-order valence-corrected chi connectivity index (χ1v) is 13.5. The molecular formula is C28H34F4N2O3S. The number of halogens is 4. The van der Waals surface area contributed by atoms with Crippen LogP contribution in [0.15, 0.2) is 41.3 Å². The van der Waals surface area contributed by atoms with E-state index in [1.165, 1.54) is 44.0 Å². The van der Waals surface area contributed by atoms with Crippen LogP contribution in [0.25, 0.3) is 0 Å². The fourth-order valence-electron chi connectivity index (χ4n) is 5.50. The maximum absolute atomic E-state index is 14.3. The molecule has 0 bridgehead atoms. The minimum Gasteiger partial charge on any atom is -0.492 e. The van der Waals surface area contributed by atoms with Crippen LogP contribution >= 0.6 is 11.9 Å². The smallest absolute Gasteiger partial charge is 0.420 e. The lowest BCUT2D eigenvalue weighted by Gasteiger charge is -2.60. The van der Waals surface area contributed by atoms with Crippen molar-refractivity contribution < 1.29 is 32.2 Å². The number of hydrogen-bond acceptors (Lipinski definition) is 5. The number of alkyl halides is 3. The SMILES string of the molecule is CCC1(CC)CC2(CN(c3ccc(F)cc3)c3cc(C(F)(F)F)c(OCC(C)(C)C(=O)O)cc3SN2C)C1. The Morgan fingerprint density at radius 2 is 1.71 bits per heavy atom. The summed E-state index contributed by atoms with van der Waals surface area (Å²) in [6, 6.07) is 8.22. The molecule has 1 aliphatic carbocycles. The van der Waals surface area contributed by atoms with Crippen molar-refractivity contribution in [2.45, 2.75) is 70.0 Å².